The lowest BCUT2D eigenvalue weighted by Crippen LogP contribution is -2.06. The summed E-state index contributed by atoms with van der Waals surface area (Å²) in [4.78, 5) is 0. The van der Waals surface area contributed by atoms with Crippen molar-refractivity contribution in [3.8, 4) is 0 Å². The van der Waals surface area contributed by atoms with Gasteiger partial charge in [0.1, 0.15) is 0 Å². The molecule has 120 valence electrons. The Balaban J connectivity index is 1.79. The van der Waals surface area contributed by atoms with Crippen LogP contribution in [0.2, 0.25) is 0 Å². The molecule has 2 nitrogen and oxygen atoms in total. The summed E-state index contributed by atoms with van der Waals surface area (Å²) in [7, 11) is -2.68. The van der Waals surface area contributed by atoms with Crippen LogP contribution in [-0.4, -0.2) is 30.9 Å². The first-order valence-corrected chi connectivity index (χ1v) is 11.3. The fraction of sp³-hybridized carbons (Fsp3) is 1.00. The predicted molar refractivity (Wildman–Crippen MR) is 91.4 cm³/mol. The summed E-state index contributed by atoms with van der Waals surface area (Å²) in [6.45, 7) is 2.26. The highest BCUT2D eigenvalue weighted by Crippen LogP contribution is 2.25. The second-order valence-electron chi connectivity index (χ2n) is 6.08. The second kappa shape index (κ2) is 10.9. The van der Waals surface area contributed by atoms with E-state index in [1.54, 1.807) is 0 Å². The van der Waals surface area contributed by atoms with Crippen molar-refractivity contribution < 1.29 is 8.42 Å². The summed E-state index contributed by atoms with van der Waals surface area (Å²) < 4.78 is 22.7. The van der Waals surface area contributed by atoms with Crippen molar-refractivity contribution in [3.63, 3.8) is 0 Å². The summed E-state index contributed by atoms with van der Waals surface area (Å²) in [5, 5.41) is 0.388. The van der Waals surface area contributed by atoms with E-state index in [1.807, 2.05) is 11.8 Å². The maximum Gasteiger partial charge on any atom is 0.151 e. The Morgan fingerprint density at radius 2 is 1.45 bits per heavy atom. The predicted octanol–water partition coefficient (Wildman–Crippen LogP) is 4.83. The number of unbranched alkanes of at least 4 members (excludes halogenated alkanes) is 9. The molecule has 0 N–H and O–H groups in total. The molecule has 0 bridgehead atoms. The zero-order valence-corrected chi connectivity index (χ0v) is 14.7. The quantitative estimate of drug-likeness (QED) is 0.483. The Bertz CT molecular complexity index is 325. The highest BCUT2D eigenvalue weighted by Gasteiger charge is 2.27. The van der Waals surface area contributed by atoms with Crippen molar-refractivity contribution in [3.05, 3.63) is 0 Å². The zero-order valence-electron chi connectivity index (χ0n) is 13.1. The molecule has 0 aromatic heterocycles. The molecule has 0 radical (unpaired) electrons. The van der Waals surface area contributed by atoms with Gasteiger partial charge in [0.25, 0.3) is 0 Å². The van der Waals surface area contributed by atoms with Crippen molar-refractivity contribution in [1.82, 2.24) is 0 Å². The van der Waals surface area contributed by atoms with Crippen molar-refractivity contribution >= 4 is 21.6 Å². The van der Waals surface area contributed by atoms with Crippen LogP contribution in [0.4, 0.5) is 0 Å². The normalized spacial score (nSPS) is 21.4. The lowest BCUT2D eigenvalue weighted by Gasteiger charge is -2.07. The van der Waals surface area contributed by atoms with E-state index >= 15 is 0 Å². The third kappa shape index (κ3) is 9.28. The first-order chi connectivity index (χ1) is 9.64. The Morgan fingerprint density at radius 1 is 0.900 bits per heavy atom. The van der Waals surface area contributed by atoms with Gasteiger partial charge in [0.15, 0.2) is 9.84 Å². The van der Waals surface area contributed by atoms with E-state index in [9.17, 15) is 8.42 Å². The molecule has 0 amide bonds. The number of rotatable bonds is 12. The minimum absolute atomic E-state index is 0.388. The highest BCUT2D eigenvalue weighted by molar-refractivity contribution is 8.01. The topological polar surface area (TPSA) is 34.1 Å². The third-order valence-corrected chi connectivity index (χ3v) is 7.42. The van der Waals surface area contributed by atoms with Crippen molar-refractivity contribution in [2.45, 2.75) is 82.8 Å². The Morgan fingerprint density at radius 3 is 1.95 bits per heavy atom. The molecule has 0 aromatic rings. The first kappa shape index (κ1) is 18.3. The average molecular weight is 321 g/mol. The third-order valence-electron chi connectivity index (χ3n) is 4.04. The second-order valence-corrected chi connectivity index (χ2v) is 9.71. The summed E-state index contributed by atoms with van der Waals surface area (Å²) >= 11 is 1.88. The van der Waals surface area contributed by atoms with E-state index in [0.29, 0.717) is 16.8 Å². The van der Waals surface area contributed by atoms with Gasteiger partial charge < -0.3 is 0 Å². The van der Waals surface area contributed by atoms with E-state index in [1.165, 1.54) is 64.2 Å². The maximum atomic E-state index is 11.3. The molecule has 1 fully saturated rings. The summed E-state index contributed by atoms with van der Waals surface area (Å²) in [6, 6.07) is 0. The van der Waals surface area contributed by atoms with Gasteiger partial charge in [-0.2, -0.15) is 11.8 Å². The lowest BCUT2D eigenvalue weighted by molar-refractivity contribution is 0.563. The molecule has 0 saturated carbocycles. The van der Waals surface area contributed by atoms with Crippen LogP contribution < -0.4 is 0 Å². The molecule has 1 aliphatic heterocycles. The van der Waals surface area contributed by atoms with Gasteiger partial charge in [-0.1, -0.05) is 64.7 Å². The smallest absolute Gasteiger partial charge is 0.151 e. The Labute approximate surface area is 130 Å². The molecule has 20 heavy (non-hydrogen) atoms. The minimum atomic E-state index is -2.68. The van der Waals surface area contributed by atoms with Gasteiger partial charge in [-0.3, -0.25) is 0 Å². The minimum Gasteiger partial charge on any atom is -0.229 e. The van der Waals surface area contributed by atoms with Crippen LogP contribution in [0.15, 0.2) is 0 Å². The van der Waals surface area contributed by atoms with Crippen LogP contribution >= 0.6 is 11.8 Å². The highest BCUT2D eigenvalue weighted by atomic mass is 32.2. The van der Waals surface area contributed by atoms with Crippen LogP contribution in [0.1, 0.15) is 77.6 Å². The number of hydrogen-bond donors (Lipinski definition) is 0. The molecular formula is C16H32O2S2. The molecule has 0 unspecified atom stereocenters. The van der Waals surface area contributed by atoms with Crippen LogP contribution in [-0.2, 0) is 9.84 Å². The average Bonchev–Trinajstić information content (AvgIpc) is 2.75. The SMILES string of the molecule is CCCCCCCCCCCCS[C@H]1CCS(=O)(=O)C1. The fourth-order valence-corrected chi connectivity index (χ4v) is 6.42. The Hall–Kier alpha value is 0.300. The summed E-state index contributed by atoms with van der Waals surface area (Å²) in [6.07, 6.45) is 14.6. The number of thioether (sulfide) groups is 1. The fourth-order valence-electron chi connectivity index (χ4n) is 2.73. The van der Waals surface area contributed by atoms with E-state index < -0.39 is 9.84 Å². The lowest BCUT2D eigenvalue weighted by atomic mass is 10.1. The van der Waals surface area contributed by atoms with E-state index in [4.69, 9.17) is 0 Å². The van der Waals surface area contributed by atoms with Gasteiger partial charge in [-0.15, -0.1) is 0 Å². The largest absolute Gasteiger partial charge is 0.229 e. The maximum absolute atomic E-state index is 11.3. The summed E-state index contributed by atoms with van der Waals surface area (Å²) in [5.41, 5.74) is 0. The van der Waals surface area contributed by atoms with Crippen LogP contribution in [0.3, 0.4) is 0 Å². The van der Waals surface area contributed by atoms with Crippen LogP contribution in [0.5, 0.6) is 0 Å². The number of sulfone groups is 1. The molecule has 1 saturated heterocycles. The zero-order chi connectivity index (χ0) is 14.7. The molecule has 4 heteroatoms. The molecule has 1 aliphatic rings. The number of hydrogen-bond acceptors (Lipinski definition) is 3. The van der Waals surface area contributed by atoms with Crippen LogP contribution in [0, 0.1) is 0 Å². The molecule has 1 rings (SSSR count). The molecular weight excluding hydrogens is 288 g/mol. The van der Waals surface area contributed by atoms with Crippen molar-refractivity contribution in [1.29, 1.82) is 0 Å². The summed E-state index contributed by atoms with van der Waals surface area (Å²) in [5.74, 6) is 1.99. The molecule has 0 aromatic carbocycles. The standard InChI is InChI=1S/C16H32O2S2/c1-2-3-4-5-6-7-8-9-10-11-13-19-16-12-14-20(17,18)15-16/h16H,2-15H2,1H3/t16-/m0/s1. The van der Waals surface area contributed by atoms with Crippen molar-refractivity contribution in [2.24, 2.45) is 0 Å². The van der Waals surface area contributed by atoms with Gasteiger partial charge >= 0.3 is 0 Å². The van der Waals surface area contributed by atoms with Gasteiger partial charge in [0.2, 0.25) is 0 Å². The van der Waals surface area contributed by atoms with Crippen molar-refractivity contribution in [2.75, 3.05) is 17.3 Å². The van der Waals surface area contributed by atoms with Crippen LogP contribution in [0.25, 0.3) is 0 Å². The van der Waals surface area contributed by atoms with E-state index in [-0.39, 0.29) is 0 Å². The van der Waals surface area contributed by atoms with E-state index in [2.05, 4.69) is 6.92 Å². The van der Waals surface area contributed by atoms with Gasteiger partial charge in [0, 0.05) is 5.25 Å². The Kier molecular flexibility index (Phi) is 10.0. The molecule has 0 aliphatic carbocycles. The molecule has 1 atom stereocenters. The monoisotopic (exact) mass is 320 g/mol. The van der Waals surface area contributed by atoms with Gasteiger partial charge in [0.05, 0.1) is 11.5 Å². The molecule has 0 spiro atoms. The first-order valence-electron chi connectivity index (χ1n) is 8.46. The molecule has 1 heterocycles. The van der Waals surface area contributed by atoms with E-state index in [0.717, 1.165) is 12.2 Å². The van der Waals surface area contributed by atoms with Gasteiger partial charge in [-0.25, -0.2) is 8.42 Å². The van der Waals surface area contributed by atoms with Gasteiger partial charge in [-0.05, 0) is 18.6 Å².